The van der Waals surface area contributed by atoms with E-state index in [-0.39, 0.29) is 11.9 Å². The molecule has 1 heterocycles. The topological polar surface area (TPSA) is 42.0 Å². The Bertz CT molecular complexity index is 417. The molecular weight excluding hydrogens is 315 g/mol. The van der Waals surface area contributed by atoms with Gasteiger partial charge in [-0.15, -0.1) is 0 Å². The SMILES string of the molecule is O=C(N[C@H]1CC=CCC1)c1cncc(I)c1. The molecule has 0 aromatic carbocycles. The quantitative estimate of drug-likeness (QED) is 0.670. The summed E-state index contributed by atoms with van der Waals surface area (Å²) in [4.78, 5) is 15.9. The van der Waals surface area contributed by atoms with Crippen molar-refractivity contribution < 1.29 is 4.79 Å². The van der Waals surface area contributed by atoms with Gasteiger partial charge in [0.15, 0.2) is 0 Å². The van der Waals surface area contributed by atoms with E-state index in [0.717, 1.165) is 22.8 Å². The van der Waals surface area contributed by atoms with Crippen LogP contribution in [0.2, 0.25) is 0 Å². The highest BCUT2D eigenvalue weighted by Crippen LogP contribution is 2.12. The molecule has 0 radical (unpaired) electrons. The fourth-order valence-electron chi connectivity index (χ4n) is 1.73. The van der Waals surface area contributed by atoms with Gasteiger partial charge in [0.05, 0.1) is 5.56 Å². The molecule has 1 N–H and O–H groups in total. The van der Waals surface area contributed by atoms with Crippen LogP contribution >= 0.6 is 22.6 Å². The van der Waals surface area contributed by atoms with Crippen molar-refractivity contribution in [1.29, 1.82) is 0 Å². The second kappa shape index (κ2) is 5.43. The first-order valence-corrected chi connectivity index (χ1v) is 6.40. The average molecular weight is 328 g/mol. The van der Waals surface area contributed by atoms with Gasteiger partial charge in [-0.2, -0.15) is 0 Å². The van der Waals surface area contributed by atoms with E-state index >= 15 is 0 Å². The maximum Gasteiger partial charge on any atom is 0.253 e. The second-order valence-electron chi connectivity index (χ2n) is 3.85. The van der Waals surface area contributed by atoms with E-state index in [0.29, 0.717) is 5.56 Å². The summed E-state index contributed by atoms with van der Waals surface area (Å²) in [7, 11) is 0. The van der Waals surface area contributed by atoms with E-state index in [4.69, 9.17) is 0 Å². The molecule has 1 aliphatic rings. The normalized spacial score (nSPS) is 19.4. The lowest BCUT2D eigenvalue weighted by molar-refractivity contribution is 0.0934. The largest absolute Gasteiger partial charge is 0.349 e. The smallest absolute Gasteiger partial charge is 0.253 e. The predicted molar refractivity (Wildman–Crippen MR) is 71.2 cm³/mol. The first kappa shape index (κ1) is 11.6. The summed E-state index contributed by atoms with van der Waals surface area (Å²) in [6.07, 6.45) is 10.6. The van der Waals surface area contributed by atoms with Crippen molar-refractivity contribution in [2.75, 3.05) is 0 Å². The van der Waals surface area contributed by atoms with Gasteiger partial charge in [0, 0.05) is 22.0 Å². The molecule has 1 atom stereocenters. The van der Waals surface area contributed by atoms with E-state index in [1.807, 2.05) is 6.07 Å². The Labute approximate surface area is 108 Å². The van der Waals surface area contributed by atoms with Crippen LogP contribution in [-0.2, 0) is 0 Å². The number of allylic oxidation sites excluding steroid dienone is 1. The molecule has 16 heavy (non-hydrogen) atoms. The first-order valence-electron chi connectivity index (χ1n) is 5.32. The molecule has 1 aromatic heterocycles. The maximum atomic E-state index is 11.9. The third-order valence-electron chi connectivity index (χ3n) is 2.57. The van der Waals surface area contributed by atoms with Crippen LogP contribution in [0.1, 0.15) is 29.6 Å². The number of rotatable bonds is 2. The number of nitrogens with one attached hydrogen (secondary N) is 1. The van der Waals surface area contributed by atoms with Crippen molar-refractivity contribution in [3.8, 4) is 0 Å². The number of aromatic nitrogens is 1. The lowest BCUT2D eigenvalue weighted by atomic mass is 10.0. The minimum atomic E-state index is -0.0219. The van der Waals surface area contributed by atoms with Crippen LogP contribution in [0.5, 0.6) is 0 Å². The van der Waals surface area contributed by atoms with Gasteiger partial charge >= 0.3 is 0 Å². The number of carbonyl (C=O) groups is 1. The molecule has 1 amide bonds. The van der Waals surface area contributed by atoms with Crippen LogP contribution in [0, 0.1) is 3.57 Å². The predicted octanol–water partition coefficient (Wildman–Crippen LogP) is 2.52. The Morgan fingerprint density at radius 1 is 1.44 bits per heavy atom. The van der Waals surface area contributed by atoms with Crippen molar-refractivity contribution in [2.45, 2.75) is 25.3 Å². The molecule has 0 bridgehead atoms. The zero-order valence-electron chi connectivity index (χ0n) is 8.82. The molecule has 84 valence electrons. The van der Waals surface area contributed by atoms with Gasteiger partial charge in [-0.1, -0.05) is 12.2 Å². The first-order chi connectivity index (χ1) is 7.75. The third kappa shape index (κ3) is 3.04. The number of carbonyl (C=O) groups excluding carboxylic acids is 1. The van der Waals surface area contributed by atoms with Crippen molar-refractivity contribution >= 4 is 28.5 Å². The van der Waals surface area contributed by atoms with Crippen molar-refractivity contribution in [3.63, 3.8) is 0 Å². The Kier molecular flexibility index (Phi) is 3.93. The van der Waals surface area contributed by atoms with Gasteiger partial charge in [0.2, 0.25) is 0 Å². The molecule has 0 fully saturated rings. The molecule has 1 aromatic rings. The van der Waals surface area contributed by atoms with Crippen LogP contribution in [0.3, 0.4) is 0 Å². The fourth-order valence-corrected chi connectivity index (χ4v) is 2.23. The molecule has 0 aliphatic heterocycles. The molecule has 4 heteroatoms. The molecule has 0 saturated carbocycles. The summed E-state index contributed by atoms with van der Waals surface area (Å²) in [6.45, 7) is 0. The summed E-state index contributed by atoms with van der Waals surface area (Å²) < 4.78 is 0.980. The number of hydrogen-bond acceptors (Lipinski definition) is 2. The summed E-state index contributed by atoms with van der Waals surface area (Å²) in [6, 6.07) is 2.12. The Morgan fingerprint density at radius 3 is 3.00 bits per heavy atom. The third-order valence-corrected chi connectivity index (χ3v) is 3.16. The van der Waals surface area contributed by atoms with Gasteiger partial charge < -0.3 is 5.32 Å². The molecule has 1 aliphatic carbocycles. The molecule has 2 rings (SSSR count). The van der Waals surface area contributed by atoms with Crippen molar-refractivity contribution in [2.24, 2.45) is 0 Å². The van der Waals surface area contributed by atoms with Crippen molar-refractivity contribution in [3.05, 3.63) is 39.7 Å². The van der Waals surface area contributed by atoms with Crippen LogP contribution < -0.4 is 5.32 Å². The zero-order chi connectivity index (χ0) is 11.4. The zero-order valence-corrected chi connectivity index (χ0v) is 11.0. The molecule has 0 unspecified atom stereocenters. The van der Waals surface area contributed by atoms with E-state index in [1.54, 1.807) is 12.4 Å². The van der Waals surface area contributed by atoms with E-state index < -0.39 is 0 Å². The van der Waals surface area contributed by atoms with Gasteiger partial charge in [-0.3, -0.25) is 9.78 Å². The number of hydrogen-bond donors (Lipinski definition) is 1. The molecular formula is C12H13IN2O. The van der Waals surface area contributed by atoms with Gasteiger partial charge in [0.1, 0.15) is 0 Å². The van der Waals surface area contributed by atoms with Crippen LogP contribution in [0.15, 0.2) is 30.6 Å². The highest BCUT2D eigenvalue weighted by molar-refractivity contribution is 14.1. The van der Waals surface area contributed by atoms with Gasteiger partial charge in [-0.25, -0.2) is 0 Å². The van der Waals surface area contributed by atoms with Crippen LogP contribution in [-0.4, -0.2) is 16.9 Å². The lowest BCUT2D eigenvalue weighted by Gasteiger charge is -2.19. The molecule has 0 spiro atoms. The summed E-state index contributed by atoms with van der Waals surface area (Å²) in [5, 5.41) is 3.03. The van der Waals surface area contributed by atoms with Crippen LogP contribution in [0.4, 0.5) is 0 Å². The van der Waals surface area contributed by atoms with Crippen LogP contribution in [0.25, 0.3) is 0 Å². The van der Waals surface area contributed by atoms with E-state index in [2.05, 4.69) is 45.0 Å². The number of amides is 1. The minimum Gasteiger partial charge on any atom is -0.349 e. The molecule has 3 nitrogen and oxygen atoms in total. The monoisotopic (exact) mass is 328 g/mol. The maximum absolute atomic E-state index is 11.9. The van der Waals surface area contributed by atoms with E-state index in [1.165, 1.54) is 0 Å². The van der Waals surface area contributed by atoms with Gasteiger partial charge in [-0.05, 0) is 47.9 Å². The Balaban J connectivity index is 2.00. The van der Waals surface area contributed by atoms with Gasteiger partial charge in [0.25, 0.3) is 5.91 Å². The average Bonchev–Trinajstić information content (AvgIpc) is 2.30. The molecule has 0 saturated heterocycles. The second-order valence-corrected chi connectivity index (χ2v) is 5.09. The summed E-state index contributed by atoms with van der Waals surface area (Å²) in [5.41, 5.74) is 0.640. The number of nitrogens with zero attached hydrogens (tertiary/aromatic N) is 1. The highest BCUT2D eigenvalue weighted by atomic mass is 127. The Hall–Kier alpha value is -0.910. The standard InChI is InChI=1S/C12H13IN2O/c13-10-6-9(7-14-8-10)12(16)15-11-4-2-1-3-5-11/h1-2,6-8,11H,3-5H2,(H,15,16)/t11-/m0/s1. The summed E-state index contributed by atoms with van der Waals surface area (Å²) >= 11 is 2.16. The number of pyridine rings is 1. The Morgan fingerprint density at radius 2 is 2.31 bits per heavy atom. The van der Waals surface area contributed by atoms with E-state index in [9.17, 15) is 4.79 Å². The highest BCUT2D eigenvalue weighted by Gasteiger charge is 2.14. The lowest BCUT2D eigenvalue weighted by Crippen LogP contribution is -2.35. The summed E-state index contributed by atoms with van der Waals surface area (Å²) in [5.74, 6) is -0.0219. The fraction of sp³-hybridized carbons (Fsp3) is 0.333. The number of halogens is 1. The minimum absolute atomic E-state index is 0.0219. The van der Waals surface area contributed by atoms with Crippen molar-refractivity contribution in [1.82, 2.24) is 10.3 Å².